The number of halogens is 1. The predicted octanol–water partition coefficient (Wildman–Crippen LogP) is 0.875. The summed E-state index contributed by atoms with van der Waals surface area (Å²) < 4.78 is 0.689. The zero-order valence-corrected chi connectivity index (χ0v) is 12.4. The van der Waals surface area contributed by atoms with Crippen molar-refractivity contribution in [3.05, 3.63) is 27.7 Å². The highest BCUT2D eigenvalue weighted by Gasteiger charge is 2.28. The number of imide groups is 1. The molecule has 0 saturated carbocycles. The Morgan fingerprint density at radius 3 is 2.80 bits per heavy atom. The van der Waals surface area contributed by atoms with Crippen molar-refractivity contribution in [1.29, 1.82) is 0 Å². The van der Waals surface area contributed by atoms with Gasteiger partial charge in [-0.3, -0.25) is 19.7 Å². The molecule has 20 heavy (non-hydrogen) atoms. The number of hydrogen-bond acceptors (Lipinski definition) is 4. The molecule has 3 amide bonds. The second kappa shape index (κ2) is 5.62. The van der Waals surface area contributed by atoms with Gasteiger partial charge in [-0.25, -0.2) is 0 Å². The zero-order chi connectivity index (χ0) is 14.9. The molecule has 1 aliphatic rings. The maximum Gasteiger partial charge on any atom is 0.252 e. The Labute approximate surface area is 124 Å². The lowest BCUT2D eigenvalue weighted by Gasteiger charge is -2.22. The van der Waals surface area contributed by atoms with Crippen molar-refractivity contribution in [2.45, 2.75) is 25.8 Å². The number of anilines is 1. The predicted molar refractivity (Wildman–Crippen MR) is 76.9 cm³/mol. The van der Waals surface area contributed by atoms with Crippen molar-refractivity contribution in [1.82, 2.24) is 10.6 Å². The number of nitrogens with one attached hydrogen (secondary N) is 2. The molecule has 0 aliphatic carbocycles. The summed E-state index contributed by atoms with van der Waals surface area (Å²) >= 11 is 3.28. The van der Waals surface area contributed by atoms with E-state index in [0.717, 1.165) is 0 Å². The summed E-state index contributed by atoms with van der Waals surface area (Å²) in [6, 6.07) is 2.66. The molecule has 1 aromatic rings. The molecule has 1 saturated heterocycles. The van der Waals surface area contributed by atoms with Gasteiger partial charge in [0.05, 0.1) is 0 Å². The van der Waals surface area contributed by atoms with Crippen LogP contribution in [0, 0.1) is 6.92 Å². The van der Waals surface area contributed by atoms with Crippen LogP contribution < -0.4 is 16.4 Å². The van der Waals surface area contributed by atoms with Crippen molar-refractivity contribution in [3.63, 3.8) is 0 Å². The molecule has 1 atom stereocenters. The van der Waals surface area contributed by atoms with E-state index in [2.05, 4.69) is 26.6 Å². The smallest absolute Gasteiger partial charge is 0.252 e. The van der Waals surface area contributed by atoms with Gasteiger partial charge in [0.25, 0.3) is 5.91 Å². The second-order valence-electron chi connectivity index (χ2n) is 4.64. The van der Waals surface area contributed by atoms with E-state index in [-0.39, 0.29) is 18.2 Å². The molecule has 1 unspecified atom stereocenters. The zero-order valence-electron chi connectivity index (χ0n) is 10.8. The number of nitrogens with two attached hydrogens (primary N) is 1. The van der Waals surface area contributed by atoms with Gasteiger partial charge in [-0.1, -0.05) is 15.9 Å². The summed E-state index contributed by atoms with van der Waals surface area (Å²) in [7, 11) is 0. The van der Waals surface area contributed by atoms with Gasteiger partial charge in [-0.15, -0.1) is 0 Å². The third kappa shape index (κ3) is 2.98. The second-order valence-corrected chi connectivity index (χ2v) is 5.56. The van der Waals surface area contributed by atoms with Gasteiger partial charge in [-0.2, -0.15) is 0 Å². The van der Waals surface area contributed by atoms with E-state index in [4.69, 9.17) is 5.73 Å². The Bertz CT molecular complexity index is 601. The number of amides is 3. The van der Waals surface area contributed by atoms with Crippen LogP contribution in [0.5, 0.6) is 0 Å². The molecule has 4 N–H and O–H groups in total. The van der Waals surface area contributed by atoms with Crippen LogP contribution in [0.2, 0.25) is 0 Å². The van der Waals surface area contributed by atoms with Crippen LogP contribution in [0.3, 0.4) is 0 Å². The summed E-state index contributed by atoms with van der Waals surface area (Å²) in [5.74, 6) is -1.18. The summed E-state index contributed by atoms with van der Waals surface area (Å²) in [6.07, 6.45) is 0.523. The van der Waals surface area contributed by atoms with Crippen molar-refractivity contribution in [3.8, 4) is 0 Å². The molecular weight excluding hydrogens is 326 g/mol. The van der Waals surface area contributed by atoms with Crippen LogP contribution in [-0.4, -0.2) is 23.8 Å². The number of rotatable bonds is 2. The third-order valence-electron chi connectivity index (χ3n) is 3.20. The Hall–Kier alpha value is -1.89. The van der Waals surface area contributed by atoms with Gasteiger partial charge in [0.1, 0.15) is 6.04 Å². The lowest BCUT2D eigenvalue weighted by Crippen LogP contribution is -2.52. The maximum atomic E-state index is 12.2. The van der Waals surface area contributed by atoms with Crippen molar-refractivity contribution >= 4 is 39.3 Å². The lowest BCUT2D eigenvalue weighted by molar-refractivity contribution is -0.134. The number of nitrogen functional groups attached to an aromatic ring is 1. The van der Waals surface area contributed by atoms with Gasteiger partial charge in [0, 0.05) is 22.1 Å². The normalized spacial score (nSPS) is 18.6. The lowest BCUT2D eigenvalue weighted by atomic mass is 10.0. The van der Waals surface area contributed by atoms with E-state index < -0.39 is 11.9 Å². The molecule has 6 nitrogen and oxygen atoms in total. The Morgan fingerprint density at radius 2 is 2.15 bits per heavy atom. The summed E-state index contributed by atoms with van der Waals surface area (Å²) in [4.78, 5) is 34.9. The topological polar surface area (TPSA) is 101 Å². The van der Waals surface area contributed by atoms with Gasteiger partial charge >= 0.3 is 0 Å². The van der Waals surface area contributed by atoms with E-state index in [1.165, 1.54) is 0 Å². The molecule has 0 bridgehead atoms. The molecule has 7 heteroatoms. The number of benzene rings is 1. The van der Waals surface area contributed by atoms with Crippen LogP contribution in [-0.2, 0) is 9.59 Å². The minimum Gasteiger partial charge on any atom is -0.398 e. The van der Waals surface area contributed by atoms with E-state index in [9.17, 15) is 14.4 Å². The molecule has 106 valence electrons. The van der Waals surface area contributed by atoms with Crippen molar-refractivity contribution < 1.29 is 14.4 Å². The van der Waals surface area contributed by atoms with E-state index >= 15 is 0 Å². The van der Waals surface area contributed by atoms with E-state index in [1.807, 2.05) is 0 Å². The highest BCUT2D eigenvalue weighted by molar-refractivity contribution is 9.10. The Kier molecular flexibility index (Phi) is 4.08. The number of carbonyl (C=O) groups excluding carboxylic acids is 3. The molecular formula is C13H14BrN3O3. The van der Waals surface area contributed by atoms with Crippen molar-refractivity contribution in [2.24, 2.45) is 0 Å². The molecule has 1 aromatic carbocycles. The molecule has 0 radical (unpaired) electrons. The first-order valence-corrected chi connectivity index (χ1v) is 6.88. The number of carbonyl (C=O) groups is 3. The van der Waals surface area contributed by atoms with E-state index in [0.29, 0.717) is 27.7 Å². The summed E-state index contributed by atoms with van der Waals surface area (Å²) in [5.41, 5.74) is 7.35. The van der Waals surface area contributed by atoms with Crippen LogP contribution >= 0.6 is 15.9 Å². The molecule has 0 spiro atoms. The Balaban J connectivity index is 2.17. The largest absolute Gasteiger partial charge is 0.398 e. The fourth-order valence-electron chi connectivity index (χ4n) is 2.00. The Morgan fingerprint density at radius 1 is 1.45 bits per heavy atom. The monoisotopic (exact) mass is 339 g/mol. The van der Waals surface area contributed by atoms with Crippen molar-refractivity contribution in [2.75, 3.05) is 5.73 Å². The van der Waals surface area contributed by atoms with Gasteiger partial charge in [-0.05, 0) is 31.0 Å². The fraction of sp³-hybridized carbons (Fsp3) is 0.308. The molecule has 2 rings (SSSR count). The average Bonchev–Trinajstić information content (AvgIpc) is 2.37. The third-order valence-corrected chi connectivity index (χ3v) is 3.66. The van der Waals surface area contributed by atoms with E-state index in [1.54, 1.807) is 19.1 Å². The minimum absolute atomic E-state index is 0.219. The molecule has 1 heterocycles. The quantitative estimate of drug-likeness (QED) is 0.549. The first-order chi connectivity index (χ1) is 9.38. The summed E-state index contributed by atoms with van der Waals surface area (Å²) in [6.45, 7) is 1.74. The highest BCUT2D eigenvalue weighted by Crippen LogP contribution is 2.23. The minimum atomic E-state index is -0.695. The molecule has 0 aromatic heterocycles. The standard InChI is InChI=1S/C13H14BrN3O3/c1-6-8(4-7(14)5-9(6)15)12(19)16-10-2-3-11(18)17-13(10)20/h4-5,10H,2-3,15H2,1H3,(H,16,19)(H,17,18,20). The van der Waals surface area contributed by atoms with Gasteiger partial charge < -0.3 is 11.1 Å². The number of piperidine rings is 1. The molecule has 1 aliphatic heterocycles. The fourth-order valence-corrected chi connectivity index (χ4v) is 2.48. The van der Waals surface area contributed by atoms with Crippen LogP contribution in [0.1, 0.15) is 28.8 Å². The SMILES string of the molecule is Cc1c(N)cc(Br)cc1C(=O)NC1CCC(=O)NC1=O. The first kappa shape index (κ1) is 14.5. The van der Waals surface area contributed by atoms with Crippen LogP contribution in [0.4, 0.5) is 5.69 Å². The highest BCUT2D eigenvalue weighted by atomic mass is 79.9. The maximum absolute atomic E-state index is 12.2. The average molecular weight is 340 g/mol. The van der Waals surface area contributed by atoms with Crippen LogP contribution in [0.15, 0.2) is 16.6 Å². The first-order valence-electron chi connectivity index (χ1n) is 6.08. The molecule has 1 fully saturated rings. The van der Waals surface area contributed by atoms with Gasteiger partial charge in [0.2, 0.25) is 11.8 Å². The summed E-state index contributed by atoms with van der Waals surface area (Å²) in [5, 5.41) is 4.82. The number of hydrogen-bond donors (Lipinski definition) is 3. The van der Waals surface area contributed by atoms with Gasteiger partial charge in [0.15, 0.2) is 0 Å². The van der Waals surface area contributed by atoms with Crippen LogP contribution in [0.25, 0.3) is 0 Å².